The highest BCUT2D eigenvalue weighted by atomic mass is 19.4. The fraction of sp³-hybridized carbons (Fsp3) is 0.562. The largest absolute Gasteiger partial charge is 0.451 e. The van der Waals surface area contributed by atoms with E-state index in [2.05, 4.69) is 10.2 Å². The van der Waals surface area contributed by atoms with E-state index in [0.717, 1.165) is 4.57 Å². The minimum Gasteiger partial charge on any atom is -0.333 e. The number of amides is 1. The Kier molecular flexibility index (Phi) is 5.50. The van der Waals surface area contributed by atoms with Crippen molar-refractivity contribution in [2.24, 2.45) is 5.73 Å². The van der Waals surface area contributed by atoms with Crippen LogP contribution in [0.3, 0.4) is 0 Å². The lowest BCUT2D eigenvalue weighted by atomic mass is 9.94. The molecule has 154 valence electrons. The van der Waals surface area contributed by atoms with Crippen LogP contribution in [0.25, 0.3) is 0 Å². The van der Waals surface area contributed by atoms with Crippen LogP contribution < -0.4 is 5.73 Å². The maximum atomic E-state index is 13.7. The van der Waals surface area contributed by atoms with E-state index in [4.69, 9.17) is 5.73 Å². The number of rotatable bonds is 4. The zero-order valence-electron chi connectivity index (χ0n) is 14.5. The normalized spacial score (nSPS) is 21.5. The lowest BCUT2D eigenvalue weighted by Crippen LogP contribution is -2.41. The molecule has 0 radical (unpaired) electrons. The molecular formula is C16H17F6N5O. The number of allylic oxidation sites excluding steroid dienone is 3. The van der Waals surface area contributed by atoms with Crippen molar-refractivity contribution in [1.82, 2.24) is 19.7 Å². The van der Waals surface area contributed by atoms with E-state index < -0.39 is 48.2 Å². The predicted molar refractivity (Wildman–Crippen MR) is 84.5 cm³/mol. The monoisotopic (exact) mass is 409 g/mol. The average Bonchev–Trinajstić information content (AvgIpc) is 3.03. The Morgan fingerprint density at radius 2 is 2.00 bits per heavy atom. The highest BCUT2D eigenvalue weighted by molar-refractivity contribution is 5.76. The lowest BCUT2D eigenvalue weighted by Gasteiger charge is -2.29. The third kappa shape index (κ3) is 4.21. The minimum atomic E-state index is -4.64. The minimum absolute atomic E-state index is 0.00223. The summed E-state index contributed by atoms with van der Waals surface area (Å²) in [6.45, 7) is -0.269. The number of hydrogen-bond acceptors (Lipinski definition) is 4. The number of carbonyl (C=O) groups excluding carboxylic acids is 1. The van der Waals surface area contributed by atoms with Crippen LogP contribution in [-0.2, 0) is 24.1 Å². The fourth-order valence-electron chi connectivity index (χ4n) is 3.23. The quantitative estimate of drug-likeness (QED) is 0.776. The van der Waals surface area contributed by atoms with Gasteiger partial charge in [0.25, 0.3) is 0 Å². The molecule has 2 heterocycles. The van der Waals surface area contributed by atoms with Gasteiger partial charge in [-0.15, -0.1) is 10.2 Å². The van der Waals surface area contributed by atoms with Crippen molar-refractivity contribution in [1.29, 1.82) is 0 Å². The Labute approximate surface area is 155 Å². The van der Waals surface area contributed by atoms with Crippen molar-refractivity contribution in [3.05, 3.63) is 35.0 Å². The van der Waals surface area contributed by atoms with E-state index in [9.17, 15) is 31.1 Å². The number of carbonyl (C=O) groups is 1. The zero-order valence-corrected chi connectivity index (χ0v) is 14.5. The smallest absolute Gasteiger partial charge is 0.333 e. The molecule has 28 heavy (non-hydrogen) atoms. The topological polar surface area (TPSA) is 77.0 Å². The van der Waals surface area contributed by atoms with Crippen LogP contribution in [0.2, 0.25) is 0 Å². The molecule has 0 saturated carbocycles. The molecule has 1 aromatic heterocycles. The predicted octanol–water partition coefficient (Wildman–Crippen LogP) is 2.57. The summed E-state index contributed by atoms with van der Waals surface area (Å²) in [5.74, 6) is -3.67. The first-order chi connectivity index (χ1) is 13.1. The summed E-state index contributed by atoms with van der Waals surface area (Å²) in [5, 5.41) is 6.61. The van der Waals surface area contributed by atoms with Crippen LogP contribution in [0.5, 0.6) is 0 Å². The third-order valence-electron chi connectivity index (χ3n) is 4.63. The molecule has 0 bridgehead atoms. The molecule has 2 atom stereocenters. The van der Waals surface area contributed by atoms with Gasteiger partial charge in [-0.2, -0.15) is 13.2 Å². The molecule has 0 saturated heterocycles. The molecule has 1 aromatic rings. The van der Waals surface area contributed by atoms with Gasteiger partial charge in [0.15, 0.2) is 12.0 Å². The van der Waals surface area contributed by atoms with Gasteiger partial charge >= 0.3 is 6.18 Å². The van der Waals surface area contributed by atoms with E-state index in [0.29, 0.717) is 6.08 Å². The molecule has 0 spiro atoms. The number of hydrogen-bond donors (Lipinski definition) is 1. The molecule has 12 heteroatoms. The number of nitrogens with zero attached hydrogens (tertiary/aromatic N) is 4. The molecule has 6 nitrogen and oxygen atoms in total. The van der Waals surface area contributed by atoms with Gasteiger partial charge in [-0.1, -0.05) is 0 Å². The molecule has 3 rings (SSSR count). The van der Waals surface area contributed by atoms with Crippen LogP contribution in [0, 0.1) is 0 Å². The molecule has 1 amide bonds. The van der Waals surface area contributed by atoms with Gasteiger partial charge < -0.3 is 15.2 Å². The molecule has 2 N–H and O–H groups in total. The van der Waals surface area contributed by atoms with Crippen LogP contribution in [0.4, 0.5) is 26.3 Å². The van der Waals surface area contributed by atoms with Gasteiger partial charge in [0.05, 0.1) is 6.54 Å². The van der Waals surface area contributed by atoms with Crippen molar-refractivity contribution >= 4 is 5.91 Å². The van der Waals surface area contributed by atoms with E-state index in [1.165, 1.54) is 4.90 Å². The van der Waals surface area contributed by atoms with Crippen LogP contribution >= 0.6 is 0 Å². The van der Waals surface area contributed by atoms with Crippen LogP contribution in [0.1, 0.15) is 30.9 Å². The van der Waals surface area contributed by atoms with Gasteiger partial charge in [0.2, 0.25) is 11.7 Å². The van der Waals surface area contributed by atoms with Crippen molar-refractivity contribution in [2.45, 2.75) is 50.7 Å². The van der Waals surface area contributed by atoms with E-state index in [-0.39, 0.29) is 43.9 Å². The van der Waals surface area contributed by atoms with Gasteiger partial charge in [-0.25, -0.2) is 13.2 Å². The number of alkyl halides is 4. The first kappa shape index (κ1) is 20.4. The van der Waals surface area contributed by atoms with Crippen molar-refractivity contribution in [3.8, 4) is 0 Å². The lowest BCUT2D eigenvalue weighted by molar-refractivity contribution is -0.148. The second-order valence-corrected chi connectivity index (χ2v) is 6.73. The molecular weight excluding hydrogens is 392 g/mol. The number of nitrogens with two attached hydrogens (primary N) is 1. The summed E-state index contributed by atoms with van der Waals surface area (Å²) >= 11 is 0. The third-order valence-corrected chi connectivity index (χ3v) is 4.63. The fourth-order valence-corrected chi connectivity index (χ4v) is 3.23. The van der Waals surface area contributed by atoms with Crippen molar-refractivity contribution < 1.29 is 31.1 Å². The summed E-state index contributed by atoms with van der Waals surface area (Å²) < 4.78 is 79.5. The summed E-state index contributed by atoms with van der Waals surface area (Å²) in [6.07, 6.45) is -6.94. The summed E-state index contributed by atoms with van der Waals surface area (Å²) in [6, 6.07) is -0.847. The van der Waals surface area contributed by atoms with Crippen molar-refractivity contribution in [3.63, 3.8) is 0 Å². The number of fused-ring (bicyclic) bond motifs is 1. The van der Waals surface area contributed by atoms with Gasteiger partial charge in [0.1, 0.15) is 11.7 Å². The number of aromatic nitrogens is 3. The van der Waals surface area contributed by atoms with E-state index in [1.807, 2.05) is 0 Å². The van der Waals surface area contributed by atoms with Crippen LogP contribution in [-0.4, -0.2) is 44.3 Å². The standard InChI is InChI=1S/C16H17F6N5O/c17-10-6-12(19)11(18)4-8(10)3-9(23)5-14(28)26-1-2-27-13(7-26)24-25-15(27)16(20,21)22/h6,9,11H,1-5,7,23H2/t9-,11?/m1/s1. The number of halogens is 6. The Balaban J connectivity index is 1.60. The zero-order chi connectivity index (χ0) is 20.6. The molecule has 2 aliphatic rings. The second-order valence-electron chi connectivity index (χ2n) is 6.73. The molecule has 0 fully saturated rings. The SMILES string of the molecule is N[C@@H](CC(=O)N1CCn2c(nnc2C(F)(F)F)C1)CC1=C(F)C=C(F)C(F)C1. The van der Waals surface area contributed by atoms with E-state index >= 15 is 0 Å². The van der Waals surface area contributed by atoms with Gasteiger partial charge in [-0.3, -0.25) is 4.79 Å². The second kappa shape index (κ2) is 7.57. The molecule has 0 aromatic carbocycles. The Bertz CT molecular complexity index is 830. The van der Waals surface area contributed by atoms with E-state index in [1.54, 1.807) is 0 Å². The summed E-state index contributed by atoms with van der Waals surface area (Å²) in [7, 11) is 0. The highest BCUT2D eigenvalue weighted by Gasteiger charge is 2.40. The first-order valence-corrected chi connectivity index (χ1v) is 8.47. The van der Waals surface area contributed by atoms with Crippen molar-refractivity contribution in [2.75, 3.05) is 6.54 Å². The molecule has 1 aliphatic heterocycles. The van der Waals surface area contributed by atoms with Gasteiger partial charge in [0, 0.05) is 38.0 Å². The summed E-state index contributed by atoms with van der Waals surface area (Å²) in [4.78, 5) is 13.7. The average molecular weight is 409 g/mol. The Hall–Kier alpha value is -2.37. The summed E-state index contributed by atoms with van der Waals surface area (Å²) in [5.41, 5.74) is 5.83. The molecule has 1 aliphatic carbocycles. The van der Waals surface area contributed by atoms with Gasteiger partial charge in [-0.05, 0) is 12.0 Å². The maximum Gasteiger partial charge on any atom is 0.451 e. The maximum absolute atomic E-state index is 13.7. The highest BCUT2D eigenvalue weighted by Crippen LogP contribution is 2.32. The Morgan fingerprint density at radius 3 is 2.68 bits per heavy atom. The van der Waals surface area contributed by atoms with Crippen LogP contribution in [0.15, 0.2) is 23.3 Å². The molecule has 1 unspecified atom stereocenters. The first-order valence-electron chi connectivity index (χ1n) is 8.47. The Morgan fingerprint density at radius 1 is 1.29 bits per heavy atom.